The van der Waals surface area contributed by atoms with Crippen LogP contribution in [0.4, 0.5) is 17.6 Å². The van der Waals surface area contributed by atoms with Gasteiger partial charge in [-0.1, -0.05) is 12.2 Å². The molecule has 1 aromatic carbocycles. The Morgan fingerprint density at radius 3 is 2.56 bits per heavy atom. The van der Waals surface area contributed by atoms with Gasteiger partial charge in [-0.2, -0.15) is 13.2 Å². The maximum Gasteiger partial charge on any atom is 0.419 e. The minimum Gasteiger partial charge on any atom is -0.350 e. The van der Waals surface area contributed by atoms with E-state index >= 15 is 0 Å². The lowest BCUT2D eigenvalue weighted by Gasteiger charge is -2.09. The molecule has 94 valence electrons. The normalized spacial score (nSPS) is 11.6. The van der Waals surface area contributed by atoms with Crippen molar-refractivity contribution in [2.24, 2.45) is 0 Å². The Balaban J connectivity index is 2.62. The number of alkyl halides is 3. The molecule has 0 saturated carbocycles. The molecule has 2 aromatic rings. The van der Waals surface area contributed by atoms with Crippen molar-refractivity contribution in [3.63, 3.8) is 0 Å². The van der Waals surface area contributed by atoms with Gasteiger partial charge in [0.15, 0.2) is 0 Å². The van der Waals surface area contributed by atoms with E-state index in [1.807, 2.05) is 0 Å². The third-order valence-corrected chi connectivity index (χ3v) is 2.56. The number of hydrogen-bond acceptors (Lipinski definition) is 2. The summed E-state index contributed by atoms with van der Waals surface area (Å²) in [6.07, 6.45) is -1.93. The van der Waals surface area contributed by atoms with Crippen LogP contribution in [0.1, 0.15) is 5.56 Å². The molecule has 0 aliphatic heterocycles. The van der Waals surface area contributed by atoms with Crippen LogP contribution in [-0.2, 0) is 6.18 Å². The van der Waals surface area contributed by atoms with Crippen molar-refractivity contribution in [2.45, 2.75) is 6.18 Å². The van der Waals surface area contributed by atoms with Gasteiger partial charge in [0.05, 0.1) is 5.56 Å². The van der Waals surface area contributed by atoms with Gasteiger partial charge < -0.3 is 4.98 Å². The van der Waals surface area contributed by atoms with Crippen LogP contribution in [0.5, 0.6) is 0 Å². The highest BCUT2D eigenvalue weighted by molar-refractivity contribution is 7.71. The Bertz CT molecular complexity index is 633. The minimum atomic E-state index is -4.75. The van der Waals surface area contributed by atoms with E-state index in [0.717, 1.165) is 6.07 Å². The molecule has 0 fully saturated rings. The maximum absolute atomic E-state index is 13.1. The van der Waals surface area contributed by atoms with Crippen LogP contribution in [0.2, 0.25) is 0 Å². The lowest BCUT2D eigenvalue weighted by molar-refractivity contribution is -0.139. The molecule has 1 N–H and O–H groups in total. The van der Waals surface area contributed by atoms with Gasteiger partial charge in [-0.05, 0) is 18.2 Å². The fraction of sp³-hybridized carbons (Fsp3) is 0.0909. The van der Waals surface area contributed by atoms with Crippen molar-refractivity contribution in [2.75, 3.05) is 0 Å². The lowest BCUT2D eigenvalue weighted by Crippen LogP contribution is -2.08. The van der Waals surface area contributed by atoms with Crippen molar-refractivity contribution in [1.29, 1.82) is 0 Å². The summed E-state index contributed by atoms with van der Waals surface area (Å²) in [5.74, 6) is -1.32. The number of hydrogen-bond donors (Lipinski definition) is 1. The molecular weight excluding hydrogens is 268 g/mol. The van der Waals surface area contributed by atoms with Gasteiger partial charge in [-0.25, -0.2) is 4.39 Å². The van der Waals surface area contributed by atoms with Crippen molar-refractivity contribution in [3.8, 4) is 11.3 Å². The first-order chi connectivity index (χ1) is 8.39. The smallest absolute Gasteiger partial charge is 0.350 e. The van der Waals surface area contributed by atoms with E-state index in [2.05, 4.69) is 9.97 Å². The van der Waals surface area contributed by atoms with Crippen LogP contribution < -0.4 is 0 Å². The zero-order chi connectivity index (χ0) is 13.3. The first-order valence-electron chi connectivity index (χ1n) is 4.80. The fourth-order valence-corrected chi connectivity index (χ4v) is 1.69. The zero-order valence-corrected chi connectivity index (χ0v) is 9.57. The molecule has 2 nitrogen and oxygen atoms in total. The van der Waals surface area contributed by atoms with E-state index in [4.69, 9.17) is 12.2 Å². The summed E-state index contributed by atoms with van der Waals surface area (Å²) >= 11 is 4.91. The van der Waals surface area contributed by atoms with E-state index in [0.29, 0.717) is 6.07 Å². The molecule has 0 bridgehead atoms. The van der Waals surface area contributed by atoms with Gasteiger partial charge in [0.25, 0.3) is 0 Å². The summed E-state index contributed by atoms with van der Waals surface area (Å²) in [5, 5.41) is 0. The number of rotatable bonds is 1. The molecular formula is C11H6F4N2S. The van der Waals surface area contributed by atoms with Gasteiger partial charge in [-0.3, -0.25) is 4.98 Å². The van der Waals surface area contributed by atoms with Gasteiger partial charge in [-0.15, -0.1) is 0 Å². The summed E-state index contributed by atoms with van der Waals surface area (Å²) in [6, 6.07) is 2.65. The number of aromatic nitrogens is 2. The standard InChI is InChI=1S/C11H6F4N2S/c12-8-2-1-6(5-7(8)11(13,14)15)9-10(18)17-4-3-16-9/h1-5H,(H,17,18). The summed E-state index contributed by atoms with van der Waals surface area (Å²) in [7, 11) is 0. The molecule has 0 aliphatic rings. The molecule has 0 aliphatic carbocycles. The third kappa shape index (κ3) is 2.40. The molecule has 0 amide bonds. The highest BCUT2D eigenvalue weighted by Crippen LogP contribution is 2.33. The van der Waals surface area contributed by atoms with Crippen LogP contribution >= 0.6 is 12.2 Å². The number of H-pyrrole nitrogens is 1. The second-order valence-corrected chi connectivity index (χ2v) is 3.87. The average molecular weight is 274 g/mol. The van der Waals surface area contributed by atoms with Crippen molar-refractivity contribution in [1.82, 2.24) is 9.97 Å². The number of nitrogens with one attached hydrogen (secondary N) is 1. The number of nitrogens with zero attached hydrogens (tertiary/aromatic N) is 1. The molecule has 2 rings (SSSR count). The van der Waals surface area contributed by atoms with Gasteiger partial charge >= 0.3 is 6.18 Å². The predicted molar refractivity (Wildman–Crippen MR) is 59.8 cm³/mol. The summed E-state index contributed by atoms with van der Waals surface area (Å²) in [5.41, 5.74) is -1.04. The Morgan fingerprint density at radius 1 is 1.22 bits per heavy atom. The third-order valence-electron chi connectivity index (χ3n) is 2.25. The van der Waals surface area contributed by atoms with Crippen LogP contribution in [0.3, 0.4) is 0 Å². The van der Waals surface area contributed by atoms with E-state index in [1.54, 1.807) is 0 Å². The number of aromatic amines is 1. The molecule has 1 heterocycles. The quantitative estimate of drug-likeness (QED) is 0.629. The summed E-state index contributed by atoms with van der Waals surface area (Å²) in [6.45, 7) is 0. The van der Waals surface area contributed by atoms with Gasteiger partial charge in [0.1, 0.15) is 16.2 Å². The number of halogens is 4. The maximum atomic E-state index is 13.1. The fourth-order valence-electron chi connectivity index (χ4n) is 1.45. The highest BCUT2D eigenvalue weighted by Gasteiger charge is 2.34. The molecule has 0 saturated heterocycles. The molecule has 1 aromatic heterocycles. The van der Waals surface area contributed by atoms with Crippen LogP contribution in [0.15, 0.2) is 30.6 Å². The Labute approximate surface area is 104 Å². The van der Waals surface area contributed by atoms with Crippen LogP contribution in [0, 0.1) is 10.5 Å². The van der Waals surface area contributed by atoms with Crippen LogP contribution in [0.25, 0.3) is 11.3 Å². The Kier molecular flexibility index (Phi) is 3.16. The van der Waals surface area contributed by atoms with Gasteiger partial charge in [0.2, 0.25) is 0 Å². The van der Waals surface area contributed by atoms with E-state index < -0.39 is 17.6 Å². The van der Waals surface area contributed by atoms with E-state index in [9.17, 15) is 17.6 Å². The number of benzene rings is 1. The van der Waals surface area contributed by atoms with Crippen LogP contribution in [-0.4, -0.2) is 9.97 Å². The second kappa shape index (κ2) is 4.49. The second-order valence-electron chi connectivity index (χ2n) is 3.46. The largest absolute Gasteiger partial charge is 0.419 e. The summed E-state index contributed by atoms with van der Waals surface area (Å²) < 4.78 is 51.0. The molecule has 0 spiro atoms. The molecule has 7 heteroatoms. The summed E-state index contributed by atoms with van der Waals surface area (Å²) in [4.78, 5) is 6.52. The lowest BCUT2D eigenvalue weighted by atomic mass is 10.1. The first kappa shape index (κ1) is 12.7. The van der Waals surface area contributed by atoms with E-state index in [1.165, 1.54) is 18.5 Å². The Morgan fingerprint density at radius 2 is 1.94 bits per heavy atom. The Hall–Kier alpha value is -1.76. The highest BCUT2D eigenvalue weighted by atomic mass is 32.1. The van der Waals surface area contributed by atoms with Gasteiger partial charge in [0, 0.05) is 18.0 Å². The zero-order valence-electron chi connectivity index (χ0n) is 8.75. The SMILES string of the molecule is Fc1ccc(-c2ncc[nH]c2=S)cc1C(F)(F)F. The average Bonchev–Trinajstić information content (AvgIpc) is 2.29. The monoisotopic (exact) mass is 274 g/mol. The topological polar surface area (TPSA) is 28.7 Å². The van der Waals surface area contributed by atoms with Crippen molar-refractivity contribution in [3.05, 3.63) is 46.6 Å². The first-order valence-corrected chi connectivity index (χ1v) is 5.21. The molecule has 0 unspecified atom stereocenters. The molecule has 0 radical (unpaired) electrons. The van der Waals surface area contributed by atoms with Crippen molar-refractivity contribution < 1.29 is 17.6 Å². The molecule has 18 heavy (non-hydrogen) atoms. The predicted octanol–water partition coefficient (Wildman–Crippen LogP) is 3.96. The molecule has 0 atom stereocenters. The van der Waals surface area contributed by atoms with E-state index in [-0.39, 0.29) is 15.9 Å². The minimum absolute atomic E-state index is 0.116. The van der Waals surface area contributed by atoms with Crippen molar-refractivity contribution >= 4 is 12.2 Å².